The van der Waals surface area contributed by atoms with E-state index in [1.807, 2.05) is 6.07 Å². The van der Waals surface area contributed by atoms with Crippen molar-refractivity contribution in [3.63, 3.8) is 0 Å². The lowest BCUT2D eigenvalue weighted by Gasteiger charge is -2.18. The third kappa shape index (κ3) is 6.56. The summed E-state index contributed by atoms with van der Waals surface area (Å²) in [5.74, 6) is -0.657. The summed E-state index contributed by atoms with van der Waals surface area (Å²) in [4.78, 5) is 11.3. The van der Waals surface area contributed by atoms with Gasteiger partial charge in [-0.15, -0.1) is 0 Å². The number of hydrogen-bond acceptors (Lipinski definition) is 2. The smallest absolute Gasteiger partial charge is 0.388 e. The van der Waals surface area contributed by atoms with Gasteiger partial charge in [-0.05, 0) is 18.9 Å². The Balaban J connectivity index is 2.36. The van der Waals surface area contributed by atoms with Crippen molar-refractivity contribution in [2.45, 2.75) is 44.5 Å². The predicted molar refractivity (Wildman–Crippen MR) is 68.9 cm³/mol. The summed E-state index contributed by atoms with van der Waals surface area (Å²) < 4.78 is 35.9. The number of halogens is 3. The summed E-state index contributed by atoms with van der Waals surface area (Å²) in [6.07, 6.45) is -6.55. The molecule has 1 aromatic rings. The summed E-state index contributed by atoms with van der Waals surface area (Å²) in [6, 6.07) is 8.49. The van der Waals surface area contributed by atoms with E-state index in [-0.39, 0.29) is 6.42 Å². The lowest BCUT2D eigenvalue weighted by atomic mass is 10.0. The van der Waals surface area contributed by atoms with Crippen LogP contribution in [0.15, 0.2) is 30.3 Å². The molecule has 0 spiro atoms. The molecule has 0 radical (unpaired) electrons. The lowest BCUT2D eigenvalue weighted by molar-refractivity contribution is -0.144. The highest BCUT2D eigenvalue weighted by atomic mass is 19.4. The van der Waals surface area contributed by atoms with Gasteiger partial charge in [0, 0.05) is 12.5 Å². The number of carbonyl (C=O) groups is 1. The molecule has 3 nitrogen and oxygen atoms in total. The molecule has 6 heteroatoms. The molecule has 0 fully saturated rings. The maximum atomic E-state index is 12.0. The average Bonchev–Trinajstić information content (AvgIpc) is 2.36. The molecule has 0 aliphatic rings. The molecule has 1 aromatic carbocycles. The highest BCUT2D eigenvalue weighted by Crippen LogP contribution is 2.21. The summed E-state index contributed by atoms with van der Waals surface area (Å²) >= 11 is 0. The topological polar surface area (TPSA) is 49.3 Å². The van der Waals surface area contributed by atoms with Crippen molar-refractivity contribution in [1.29, 1.82) is 0 Å². The highest BCUT2D eigenvalue weighted by molar-refractivity contribution is 5.76. The Morgan fingerprint density at radius 2 is 1.90 bits per heavy atom. The van der Waals surface area contributed by atoms with Crippen LogP contribution in [0.1, 0.15) is 37.9 Å². The van der Waals surface area contributed by atoms with Crippen LogP contribution < -0.4 is 5.32 Å². The van der Waals surface area contributed by atoms with Gasteiger partial charge in [0.25, 0.3) is 0 Å². The Morgan fingerprint density at radius 3 is 2.45 bits per heavy atom. The zero-order valence-electron chi connectivity index (χ0n) is 11.2. The Labute approximate surface area is 115 Å². The SMILES string of the molecule is C[C@@H](C[C@@H](O)c1ccccc1)NC(=O)CCC(F)(F)F. The fraction of sp³-hybridized carbons (Fsp3) is 0.500. The van der Waals surface area contributed by atoms with Crippen molar-refractivity contribution >= 4 is 5.91 Å². The summed E-state index contributed by atoms with van der Waals surface area (Å²) in [5.41, 5.74) is 0.712. The molecule has 1 amide bonds. The summed E-state index contributed by atoms with van der Waals surface area (Å²) in [5, 5.41) is 12.4. The first-order valence-electron chi connectivity index (χ1n) is 6.37. The Kier molecular flexibility index (Phi) is 6.01. The van der Waals surface area contributed by atoms with E-state index in [9.17, 15) is 23.1 Å². The van der Waals surface area contributed by atoms with Gasteiger partial charge in [0.15, 0.2) is 0 Å². The standard InChI is InChI=1S/C14H18F3NO2/c1-10(18-13(20)7-8-14(15,16)17)9-12(19)11-5-3-2-4-6-11/h2-6,10,12,19H,7-9H2,1H3,(H,18,20)/t10-,12+/m0/s1. The van der Waals surface area contributed by atoms with Crippen LogP contribution in [0, 0.1) is 0 Å². The molecule has 0 heterocycles. The molecular formula is C14H18F3NO2. The van der Waals surface area contributed by atoms with Crippen LogP contribution in [0.25, 0.3) is 0 Å². The molecule has 0 aliphatic heterocycles. The van der Waals surface area contributed by atoms with Crippen molar-refractivity contribution in [1.82, 2.24) is 5.32 Å². The minimum atomic E-state index is -4.33. The van der Waals surface area contributed by atoms with E-state index in [0.717, 1.165) is 0 Å². The number of aliphatic hydroxyl groups is 1. The van der Waals surface area contributed by atoms with Crippen molar-refractivity contribution in [2.75, 3.05) is 0 Å². The molecule has 20 heavy (non-hydrogen) atoms. The third-order valence-corrected chi connectivity index (χ3v) is 2.80. The Hall–Kier alpha value is -1.56. The second-order valence-electron chi connectivity index (χ2n) is 4.75. The van der Waals surface area contributed by atoms with Crippen LogP contribution in [0.2, 0.25) is 0 Å². The number of hydrogen-bond donors (Lipinski definition) is 2. The number of aliphatic hydroxyl groups excluding tert-OH is 1. The quantitative estimate of drug-likeness (QED) is 0.846. The lowest BCUT2D eigenvalue weighted by Crippen LogP contribution is -2.34. The van der Waals surface area contributed by atoms with Gasteiger partial charge in [-0.2, -0.15) is 13.2 Å². The molecule has 0 saturated carbocycles. The van der Waals surface area contributed by atoms with Crippen LogP contribution in [0.5, 0.6) is 0 Å². The number of rotatable bonds is 6. The first kappa shape index (κ1) is 16.5. The van der Waals surface area contributed by atoms with E-state index in [2.05, 4.69) is 5.32 Å². The minimum absolute atomic E-state index is 0.252. The fourth-order valence-electron chi connectivity index (χ4n) is 1.81. The first-order valence-corrected chi connectivity index (χ1v) is 6.37. The fourth-order valence-corrected chi connectivity index (χ4v) is 1.81. The van der Waals surface area contributed by atoms with E-state index in [1.54, 1.807) is 31.2 Å². The molecule has 0 saturated heterocycles. The van der Waals surface area contributed by atoms with Crippen LogP contribution in [0.3, 0.4) is 0 Å². The maximum Gasteiger partial charge on any atom is 0.389 e. The normalized spacial score (nSPS) is 14.7. The molecule has 1 rings (SSSR count). The van der Waals surface area contributed by atoms with Gasteiger partial charge in [-0.25, -0.2) is 0 Å². The van der Waals surface area contributed by atoms with E-state index >= 15 is 0 Å². The average molecular weight is 289 g/mol. The van der Waals surface area contributed by atoms with Crippen molar-refractivity contribution < 1.29 is 23.1 Å². The molecule has 2 N–H and O–H groups in total. The van der Waals surface area contributed by atoms with E-state index in [1.165, 1.54) is 0 Å². The number of carbonyl (C=O) groups excluding carboxylic acids is 1. The van der Waals surface area contributed by atoms with Gasteiger partial charge in [0.1, 0.15) is 0 Å². The second kappa shape index (κ2) is 7.28. The first-order chi connectivity index (χ1) is 9.28. The molecule has 112 valence electrons. The Bertz CT molecular complexity index is 420. The second-order valence-corrected chi connectivity index (χ2v) is 4.75. The molecule has 2 atom stereocenters. The van der Waals surface area contributed by atoms with Gasteiger partial charge >= 0.3 is 6.18 Å². The van der Waals surface area contributed by atoms with Crippen LogP contribution >= 0.6 is 0 Å². The molecule has 0 aromatic heterocycles. The van der Waals surface area contributed by atoms with Gasteiger partial charge in [-0.3, -0.25) is 4.79 Å². The van der Waals surface area contributed by atoms with Crippen molar-refractivity contribution in [3.8, 4) is 0 Å². The molecular weight excluding hydrogens is 271 g/mol. The van der Waals surface area contributed by atoms with E-state index in [4.69, 9.17) is 0 Å². The van der Waals surface area contributed by atoms with Gasteiger partial charge in [0.05, 0.1) is 12.5 Å². The number of nitrogens with one attached hydrogen (secondary N) is 1. The van der Waals surface area contributed by atoms with Gasteiger partial charge in [-0.1, -0.05) is 30.3 Å². The maximum absolute atomic E-state index is 12.0. The number of amides is 1. The molecule has 0 unspecified atom stereocenters. The number of alkyl halides is 3. The predicted octanol–water partition coefficient (Wildman–Crippen LogP) is 2.96. The number of benzene rings is 1. The van der Waals surface area contributed by atoms with Crippen LogP contribution in [-0.4, -0.2) is 23.2 Å². The molecule has 0 bridgehead atoms. The van der Waals surface area contributed by atoms with Crippen molar-refractivity contribution in [3.05, 3.63) is 35.9 Å². The summed E-state index contributed by atoms with van der Waals surface area (Å²) in [6.45, 7) is 1.65. The van der Waals surface area contributed by atoms with Crippen molar-refractivity contribution in [2.24, 2.45) is 0 Å². The van der Waals surface area contributed by atoms with Crippen LogP contribution in [0.4, 0.5) is 13.2 Å². The summed E-state index contributed by atoms with van der Waals surface area (Å²) in [7, 11) is 0. The van der Waals surface area contributed by atoms with E-state index in [0.29, 0.717) is 5.56 Å². The largest absolute Gasteiger partial charge is 0.389 e. The van der Waals surface area contributed by atoms with Crippen LogP contribution in [-0.2, 0) is 4.79 Å². The van der Waals surface area contributed by atoms with E-state index < -0.39 is 37.1 Å². The van der Waals surface area contributed by atoms with Gasteiger partial charge in [0.2, 0.25) is 5.91 Å². The minimum Gasteiger partial charge on any atom is -0.388 e. The monoisotopic (exact) mass is 289 g/mol. The third-order valence-electron chi connectivity index (χ3n) is 2.80. The zero-order chi connectivity index (χ0) is 15.2. The highest BCUT2D eigenvalue weighted by Gasteiger charge is 2.28. The van der Waals surface area contributed by atoms with Gasteiger partial charge < -0.3 is 10.4 Å². The molecule has 0 aliphatic carbocycles. The zero-order valence-corrected chi connectivity index (χ0v) is 11.2. The Morgan fingerprint density at radius 1 is 1.30 bits per heavy atom.